The van der Waals surface area contributed by atoms with E-state index < -0.39 is 0 Å². The van der Waals surface area contributed by atoms with Crippen molar-refractivity contribution in [3.05, 3.63) is 24.5 Å². The van der Waals surface area contributed by atoms with E-state index in [2.05, 4.69) is 10.3 Å². The van der Waals surface area contributed by atoms with Crippen LogP contribution in [0.3, 0.4) is 0 Å². The van der Waals surface area contributed by atoms with E-state index in [1.165, 1.54) is 32.1 Å². The smallest absolute Gasteiger partial charge is 0.228 e. The van der Waals surface area contributed by atoms with Crippen LogP contribution in [0.15, 0.2) is 24.5 Å². The summed E-state index contributed by atoms with van der Waals surface area (Å²) in [5, 5.41) is 3.09. The third-order valence-electron chi connectivity index (χ3n) is 5.48. The van der Waals surface area contributed by atoms with E-state index in [9.17, 15) is 4.79 Å². The molecule has 4 aliphatic rings. The molecule has 5 rings (SSSR count). The summed E-state index contributed by atoms with van der Waals surface area (Å²) in [7, 11) is 0. The highest BCUT2D eigenvalue weighted by atomic mass is 16.1. The van der Waals surface area contributed by atoms with Gasteiger partial charge in [0.05, 0.1) is 0 Å². The monoisotopic (exact) mass is 256 g/mol. The number of rotatable bonds is 2. The minimum atomic E-state index is 0.250. The Bertz CT molecular complexity index is 457. The first-order valence-electron chi connectivity index (χ1n) is 7.50. The normalized spacial score (nSPS) is 39.3. The van der Waals surface area contributed by atoms with Gasteiger partial charge in [0.2, 0.25) is 5.91 Å². The van der Waals surface area contributed by atoms with Gasteiger partial charge in [0.1, 0.15) is 0 Å². The zero-order valence-corrected chi connectivity index (χ0v) is 11.1. The van der Waals surface area contributed by atoms with Gasteiger partial charge in [-0.2, -0.15) is 0 Å². The molecule has 0 saturated heterocycles. The lowest BCUT2D eigenvalue weighted by Gasteiger charge is -2.53. The van der Waals surface area contributed by atoms with Crippen LogP contribution in [0.5, 0.6) is 0 Å². The van der Waals surface area contributed by atoms with E-state index in [0.717, 1.165) is 17.5 Å². The molecule has 1 N–H and O–H groups in total. The molecule has 4 saturated carbocycles. The number of aromatic nitrogens is 1. The molecule has 0 aliphatic heterocycles. The highest BCUT2D eigenvalue weighted by molar-refractivity contribution is 5.93. The van der Waals surface area contributed by atoms with Gasteiger partial charge in [-0.1, -0.05) is 0 Å². The largest absolute Gasteiger partial charge is 0.326 e. The van der Waals surface area contributed by atoms with Crippen LogP contribution in [0.4, 0.5) is 5.69 Å². The lowest BCUT2D eigenvalue weighted by Crippen LogP contribution is -2.49. The van der Waals surface area contributed by atoms with E-state index in [0.29, 0.717) is 11.8 Å². The molecule has 100 valence electrons. The number of carbonyl (C=O) groups is 1. The number of hydrogen-bond donors (Lipinski definition) is 1. The van der Waals surface area contributed by atoms with Crippen molar-refractivity contribution in [2.45, 2.75) is 32.1 Å². The Labute approximate surface area is 113 Å². The third-order valence-corrected chi connectivity index (χ3v) is 5.48. The second-order valence-electron chi connectivity index (χ2n) is 6.68. The summed E-state index contributed by atoms with van der Waals surface area (Å²) >= 11 is 0. The SMILES string of the molecule is O=C(Nc1ccncc1)C1C2CC3CC(C2)CC1C3. The maximum Gasteiger partial charge on any atom is 0.228 e. The molecule has 1 aromatic rings. The van der Waals surface area contributed by atoms with Crippen molar-refractivity contribution >= 4 is 11.6 Å². The quantitative estimate of drug-likeness (QED) is 0.883. The standard InChI is InChI=1S/C16H20N2O/c19-16(18-14-1-3-17-4-2-14)15-12-6-10-5-11(8-12)9-13(15)7-10/h1-4,10-13,15H,5-9H2,(H,17,18,19). The summed E-state index contributed by atoms with van der Waals surface area (Å²) < 4.78 is 0. The number of nitrogens with zero attached hydrogens (tertiary/aromatic N) is 1. The summed E-state index contributed by atoms with van der Waals surface area (Å²) in [6, 6.07) is 3.74. The van der Waals surface area contributed by atoms with Gasteiger partial charge in [-0.25, -0.2) is 0 Å². The van der Waals surface area contributed by atoms with Crippen molar-refractivity contribution < 1.29 is 4.79 Å². The molecule has 4 bridgehead atoms. The van der Waals surface area contributed by atoms with Crippen molar-refractivity contribution in [2.75, 3.05) is 5.32 Å². The van der Waals surface area contributed by atoms with Crippen LogP contribution < -0.4 is 5.32 Å². The van der Waals surface area contributed by atoms with Crippen LogP contribution in [0.1, 0.15) is 32.1 Å². The number of pyridine rings is 1. The molecular formula is C16H20N2O. The Morgan fingerprint density at radius 1 is 1.00 bits per heavy atom. The van der Waals surface area contributed by atoms with Crippen molar-refractivity contribution in [1.82, 2.24) is 4.98 Å². The minimum Gasteiger partial charge on any atom is -0.326 e. The van der Waals surface area contributed by atoms with Gasteiger partial charge in [0.25, 0.3) is 0 Å². The Balaban J connectivity index is 1.51. The fourth-order valence-corrected chi connectivity index (χ4v) is 5.01. The summed E-state index contributed by atoms with van der Waals surface area (Å²) in [6.45, 7) is 0. The van der Waals surface area contributed by atoms with Gasteiger partial charge >= 0.3 is 0 Å². The van der Waals surface area contributed by atoms with E-state index >= 15 is 0 Å². The Kier molecular flexibility index (Phi) is 2.61. The molecule has 1 amide bonds. The van der Waals surface area contributed by atoms with E-state index in [4.69, 9.17) is 0 Å². The van der Waals surface area contributed by atoms with Crippen LogP contribution >= 0.6 is 0 Å². The van der Waals surface area contributed by atoms with Crippen LogP contribution in [-0.2, 0) is 4.79 Å². The number of nitrogens with one attached hydrogen (secondary N) is 1. The summed E-state index contributed by atoms with van der Waals surface area (Å²) in [5.41, 5.74) is 0.883. The molecule has 0 radical (unpaired) electrons. The van der Waals surface area contributed by atoms with Gasteiger partial charge in [-0.15, -0.1) is 0 Å². The van der Waals surface area contributed by atoms with Crippen LogP contribution in [0.25, 0.3) is 0 Å². The molecule has 0 spiro atoms. The molecule has 3 nitrogen and oxygen atoms in total. The summed E-state index contributed by atoms with van der Waals surface area (Å²) in [5.74, 6) is 3.66. The molecule has 1 heterocycles. The lowest BCUT2D eigenvalue weighted by atomic mass is 9.51. The third kappa shape index (κ3) is 1.96. The molecule has 19 heavy (non-hydrogen) atoms. The van der Waals surface area contributed by atoms with Gasteiger partial charge < -0.3 is 5.32 Å². The number of hydrogen-bond acceptors (Lipinski definition) is 2. The maximum absolute atomic E-state index is 12.6. The molecule has 4 fully saturated rings. The second kappa shape index (κ2) is 4.32. The number of amides is 1. The number of carbonyl (C=O) groups excluding carboxylic acids is 1. The highest BCUT2D eigenvalue weighted by Gasteiger charge is 2.50. The molecule has 0 unspecified atom stereocenters. The average molecular weight is 256 g/mol. The zero-order chi connectivity index (χ0) is 12.8. The van der Waals surface area contributed by atoms with Gasteiger partial charge in [-0.05, 0) is 67.9 Å². The van der Waals surface area contributed by atoms with Crippen molar-refractivity contribution in [2.24, 2.45) is 29.6 Å². The predicted molar refractivity (Wildman–Crippen MR) is 73.4 cm³/mol. The first-order valence-corrected chi connectivity index (χ1v) is 7.50. The van der Waals surface area contributed by atoms with Crippen molar-refractivity contribution in [3.63, 3.8) is 0 Å². The van der Waals surface area contributed by atoms with Gasteiger partial charge in [0.15, 0.2) is 0 Å². The van der Waals surface area contributed by atoms with E-state index in [1.807, 2.05) is 12.1 Å². The van der Waals surface area contributed by atoms with E-state index in [-0.39, 0.29) is 11.8 Å². The van der Waals surface area contributed by atoms with Crippen molar-refractivity contribution in [1.29, 1.82) is 0 Å². The first kappa shape index (κ1) is 11.4. The molecule has 1 aromatic heterocycles. The average Bonchev–Trinajstić information content (AvgIpc) is 2.38. The molecule has 0 atom stereocenters. The van der Waals surface area contributed by atoms with Gasteiger partial charge in [0, 0.05) is 24.0 Å². The molecule has 0 aromatic carbocycles. The summed E-state index contributed by atoms with van der Waals surface area (Å²) in [6.07, 6.45) is 10.1. The topological polar surface area (TPSA) is 42.0 Å². The first-order chi connectivity index (χ1) is 9.29. The minimum absolute atomic E-state index is 0.250. The fraction of sp³-hybridized carbons (Fsp3) is 0.625. The highest BCUT2D eigenvalue weighted by Crippen LogP contribution is 2.56. The predicted octanol–water partition coefficient (Wildman–Crippen LogP) is 3.09. The van der Waals surface area contributed by atoms with E-state index in [1.54, 1.807) is 12.4 Å². The zero-order valence-electron chi connectivity index (χ0n) is 11.1. The summed E-state index contributed by atoms with van der Waals surface area (Å²) in [4.78, 5) is 16.6. The number of anilines is 1. The molecule has 4 aliphatic carbocycles. The fourth-order valence-electron chi connectivity index (χ4n) is 5.01. The molecular weight excluding hydrogens is 236 g/mol. The maximum atomic E-state index is 12.6. The Hall–Kier alpha value is -1.38. The lowest BCUT2D eigenvalue weighted by molar-refractivity contribution is -0.132. The Morgan fingerprint density at radius 3 is 2.16 bits per heavy atom. The van der Waals surface area contributed by atoms with Crippen LogP contribution in [0.2, 0.25) is 0 Å². The van der Waals surface area contributed by atoms with Gasteiger partial charge in [-0.3, -0.25) is 9.78 Å². The molecule has 3 heteroatoms. The second-order valence-corrected chi connectivity index (χ2v) is 6.68. The van der Waals surface area contributed by atoms with Crippen LogP contribution in [-0.4, -0.2) is 10.9 Å². The van der Waals surface area contributed by atoms with Crippen LogP contribution in [0, 0.1) is 29.6 Å². The van der Waals surface area contributed by atoms with Crippen molar-refractivity contribution in [3.8, 4) is 0 Å². The Morgan fingerprint density at radius 2 is 1.58 bits per heavy atom.